The van der Waals surface area contributed by atoms with Crippen molar-refractivity contribution in [3.8, 4) is 6.01 Å². The number of hydrogen-bond acceptors (Lipinski definition) is 8. The van der Waals surface area contributed by atoms with E-state index in [0.717, 1.165) is 5.56 Å². The highest BCUT2D eigenvalue weighted by Crippen LogP contribution is 2.70. The molecule has 25 heavy (non-hydrogen) atoms. The first-order chi connectivity index (χ1) is 12.0. The van der Waals surface area contributed by atoms with E-state index in [1.54, 1.807) is 18.2 Å². The molecule has 1 heterocycles. The maximum Gasteiger partial charge on any atom is 0.354 e. The molecule has 0 fully saturated rings. The first-order valence-corrected chi connectivity index (χ1v) is 12.9. The van der Waals surface area contributed by atoms with Gasteiger partial charge in [0.2, 0.25) is 5.89 Å². The summed E-state index contributed by atoms with van der Waals surface area (Å²) in [6.45, 7) is 4.31. The van der Waals surface area contributed by atoms with Gasteiger partial charge in [0.25, 0.3) is 0 Å². The Morgan fingerprint density at radius 3 is 2.76 bits per heavy atom. The third-order valence-corrected chi connectivity index (χ3v) is 10.8. The highest BCUT2D eigenvalue weighted by Gasteiger charge is 2.25. The fourth-order valence-corrected chi connectivity index (χ4v) is 8.56. The molecule has 2 aromatic rings. The summed E-state index contributed by atoms with van der Waals surface area (Å²) in [7, 11) is 0. The molecule has 1 aromatic heterocycles. The largest absolute Gasteiger partial charge is 0.457 e. The van der Waals surface area contributed by atoms with E-state index in [9.17, 15) is 4.57 Å². The number of benzene rings is 1. The Kier molecular flexibility index (Phi) is 8.45. The first-order valence-electron chi connectivity index (χ1n) is 7.38. The van der Waals surface area contributed by atoms with E-state index in [0.29, 0.717) is 28.3 Å². The minimum Gasteiger partial charge on any atom is -0.457 e. The summed E-state index contributed by atoms with van der Waals surface area (Å²) in [6.07, 6.45) is 0. The van der Waals surface area contributed by atoms with Gasteiger partial charge in [0, 0.05) is 21.4 Å². The summed E-state index contributed by atoms with van der Waals surface area (Å²) in [4.78, 5) is 4.12. The lowest BCUT2D eigenvalue weighted by molar-refractivity contribution is 0.262. The number of halogens is 2. The molecule has 0 radical (unpaired) electrons. The number of ether oxygens (including phenoxy) is 1. The van der Waals surface area contributed by atoms with Crippen LogP contribution in [0.5, 0.6) is 6.01 Å². The van der Waals surface area contributed by atoms with Crippen molar-refractivity contribution in [2.75, 3.05) is 12.4 Å². The van der Waals surface area contributed by atoms with Crippen LogP contribution in [-0.4, -0.2) is 22.5 Å². The molecule has 0 N–H and O–H groups in total. The topological polar surface area (TPSA) is 74.5 Å². The Balaban J connectivity index is 1.90. The number of nitrogens with zero attached hydrogens (tertiary/aromatic N) is 2. The van der Waals surface area contributed by atoms with Crippen LogP contribution in [0.25, 0.3) is 0 Å². The predicted octanol–water partition coefficient (Wildman–Crippen LogP) is 6.09. The summed E-state index contributed by atoms with van der Waals surface area (Å²) in [5, 5.41) is 4.80. The van der Waals surface area contributed by atoms with Gasteiger partial charge in [-0.3, -0.25) is 4.57 Å². The molecular weight excluding hydrogens is 426 g/mol. The fourth-order valence-electron chi connectivity index (χ4n) is 1.70. The standard InChI is InChI=1S/C14H17Cl2N2O4PS2/c1-3-21-23(19,24-4-2)25-9-13-17-14(18-22-13)20-8-10-5-6-11(15)7-12(10)16/h5-7H,3-4,8-9H2,1-2H3. The van der Waals surface area contributed by atoms with Crippen molar-refractivity contribution in [1.82, 2.24) is 10.1 Å². The Bertz CT molecular complexity index is 737. The average molecular weight is 443 g/mol. The van der Waals surface area contributed by atoms with Gasteiger partial charge in [0.15, 0.2) is 0 Å². The second-order valence-corrected chi connectivity index (χ2v) is 13.1. The molecule has 0 aliphatic carbocycles. The van der Waals surface area contributed by atoms with Crippen LogP contribution in [0.15, 0.2) is 22.7 Å². The summed E-state index contributed by atoms with van der Waals surface area (Å²) >= 11 is 14.4. The Morgan fingerprint density at radius 1 is 1.28 bits per heavy atom. The smallest absolute Gasteiger partial charge is 0.354 e. The van der Waals surface area contributed by atoms with Crippen molar-refractivity contribution < 1.29 is 18.3 Å². The zero-order valence-electron chi connectivity index (χ0n) is 13.6. The second kappa shape index (κ2) is 10.1. The van der Waals surface area contributed by atoms with E-state index in [1.807, 2.05) is 13.8 Å². The van der Waals surface area contributed by atoms with Crippen LogP contribution in [0.1, 0.15) is 25.3 Å². The van der Waals surface area contributed by atoms with Crippen molar-refractivity contribution in [3.63, 3.8) is 0 Å². The van der Waals surface area contributed by atoms with E-state index in [1.165, 1.54) is 22.8 Å². The lowest BCUT2D eigenvalue weighted by atomic mass is 10.2. The first kappa shape index (κ1) is 20.9. The molecule has 0 saturated heterocycles. The van der Waals surface area contributed by atoms with Crippen molar-refractivity contribution in [2.45, 2.75) is 26.2 Å². The minimum atomic E-state index is -2.82. The van der Waals surface area contributed by atoms with E-state index in [-0.39, 0.29) is 18.4 Å². The van der Waals surface area contributed by atoms with Crippen LogP contribution in [0.4, 0.5) is 0 Å². The van der Waals surface area contributed by atoms with E-state index < -0.39 is 5.77 Å². The molecule has 0 amide bonds. The van der Waals surface area contributed by atoms with Gasteiger partial charge < -0.3 is 13.8 Å². The number of rotatable bonds is 10. The molecule has 0 spiro atoms. The zero-order chi connectivity index (χ0) is 18.3. The molecule has 2 rings (SSSR count). The Morgan fingerprint density at radius 2 is 2.08 bits per heavy atom. The van der Waals surface area contributed by atoms with E-state index in [2.05, 4.69) is 10.1 Å². The molecule has 1 aromatic carbocycles. The molecule has 0 aliphatic heterocycles. The normalized spacial score (nSPS) is 13.6. The van der Waals surface area contributed by atoms with Gasteiger partial charge >= 0.3 is 11.8 Å². The third-order valence-electron chi connectivity index (χ3n) is 2.74. The van der Waals surface area contributed by atoms with Gasteiger partial charge in [0.05, 0.1) is 12.4 Å². The van der Waals surface area contributed by atoms with Crippen LogP contribution >= 0.6 is 51.7 Å². The maximum atomic E-state index is 12.5. The highest BCUT2D eigenvalue weighted by molar-refractivity contribution is 8.89. The predicted molar refractivity (Wildman–Crippen MR) is 104 cm³/mol. The summed E-state index contributed by atoms with van der Waals surface area (Å²) in [6, 6.07) is 5.22. The molecule has 6 nitrogen and oxygen atoms in total. The van der Waals surface area contributed by atoms with E-state index in [4.69, 9.17) is 37.0 Å². The maximum absolute atomic E-state index is 12.5. The van der Waals surface area contributed by atoms with Crippen LogP contribution in [0.2, 0.25) is 10.0 Å². The van der Waals surface area contributed by atoms with Gasteiger partial charge in [-0.05, 0) is 35.6 Å². The Labute approximate surface area is 164 Å². The fraction of sp³-hybridized carbons (Fsp3) is 0.429. The van der Waals surface area contributed by atoms with Crippen molar-refractivity contribution in [3.05, 3.63) is 39.7 Å². The lowest BCUT2D eigenvalue weighted by Gasteiger charge is -2.13. The molecule has 0 saturated carbocycles. The Hall–Kier alpha value is -0.370. The summed E-state index contributed by atoms with van der Waals surface area (Å²) in [5.74, 6) is -1.52. The molecule has 138 valence electrons. The molecule has 1 unspecified atom stereocenters. The second-order valence-electron chi connectivity index (χ2n) is 4.55. The van der Waals surface area contributed by atoms with Gasteiger partial charge in [-0.1, -0.05) is 47.6 Å². The van der Waals surface area contributed by atoms with Crippen molar-refractivity contribution in [1.29, 1.82) is 0 Å². The van der Waals surface area contributed by atoms with Crippen molar-refractivity contribution in [2.24, 2.45) is 0 Å². The van der Waals surface area contributed by atoms with Gasteiger partial charge in [-0.25, -0.2) is 0 Å². The van der Waals surface area contributed by atoms with E-state index >= 15 is 0 Å². The van der Waals surface area contributed by atoms with Crippen LogP contribution in [0, 0.1) is 0 Å². The quantitative estimate of drug-likeness (QED) is 0.409. The minimum absolute atomic E-state index is 0.0935. The monoisotopic (exact) mass is 442 g/mol. The summed E-state index contributed by atoms with van der Waals surface area (Å²) < 4.78 is 28.5. The molecule has 0 aliphatic rings. The lowest BCUT2D eigenvalue weighted by Crippen LogP contribution is -1.97. The summed E-state index contributed by atoms with van der Waals surface area (Å²) in [5.41, 5.74) is 0.756. The molecule has 1 atom stereocenters. The van der Waals surface area contributed by atoms with Crippen molar-refractivity contribution >= 4 is 51.7 Å². The molecular formula is C14H17Cl2N2O4PS2. The van der Waals surface area contributed by atoms with Gasteiger partial charge in [-0.2, -0.15) is 4.98 Å². The SMILES string of the molecule is CCOP(=O)(SCC)SCc1nc(OCc2ccc(Cl)cc2Cl)no1. The number of aromatic nitrogens is 2. The highest BCUT2D eigenvalue weighted by atomic mass is 35.5. The number of hydrogen-bond donors (Lipinski definition) is 0. The zero-order valence-corrected chi connectivity index (χ0v) is 17.6. The van der Waals surface area contributed by atoms with Gasteiger partial charge in [0.1, 0.15) is 6.61 Å². The average Bonchev–Trinajstić information content (AvgIpc) is 3.01. The van der Waals surface area contributed by atoms with Gasteiger partial charge in [-0.15, -0.1) is 0 Å². The van der Waals surface area contributed by atoms with Crippen LogP contribution < -0.4 is 4.74 Å². The molecule has 11 heteroatoms. The molecule has 0 bridgehead atoms. The van der Waals surface area contributed by atoms with Crippen LogP contribution in [0.3, 0.4) is 0 Å². The third kappa shape index (κ3) is 6.70. The van der Waals surface area contributed by atoms with Crippen LogP contribution in [-0.2, 0) is 21.4 Å².